The minimum Gasteiger partial charge on any atom is -0.479 e. The van der Waals surface area contributed by atoms with Crippen LogP contribution in [0.1, 0.15) is 50.5 Å². The quantitative estimate of drug-likeness (QED) is 0.820. The van der Waals surface area contributed by atoms with Gasteiger partial charge in [0.2, 0.25) is 0 Å². The average Bonchev–Trinajstić information content (AvgIpc) is 2.98. The lowest BCUT2D eigenvalue weighted by Crippen LogP contribution is -2.54. The van der Waals surface area contributed by atoms with E-state index in [0.29, 0.717) is 24.4 Å². The van der Waals surface area contributed by atoms with E-state index in [0.717, 1.165) is 36.3 Å². The Bertz CT molecular complexity index is 694. The summed E-state index contributed by atoms with van der Waals surface area (Å²) in [6, 6.07) is 7.51. The molecule has 2 aliphatic heterocycles. The SMILES string of the molecule is CCCCC1(C(=O)O)COC(=O)N1c1ccc(C2CCS(=O)CC2)cc1. The molecule has 3 rings (SSSR count). The van der Waals surface area contributed by atoms with Crippen LogP contribution in [0.3, 0.4) is 0 Å². The molecule has 0 aliphatic carbocycles. The predicted octanol–water partition coefficient (Wildman–Crippen LogP) is 3.28. The molecule has 0 spiro atoms. The second-order valence-corrected chi connectivity index (χ2v) is 8.74. The molecule has 0 saturated carbocycles. The van der Waals surface area contributed by atoms with Gasteiger partial charge in [0, 0.05) is 28.0 Å². The maximum atomic E-state index is 12.3. The fraction of sp³-hybridized carbons (Fsp3) is 0.579. The van der Waals surface area contributed by atoms with Gasteiger partial charge in [0.1, 0.15) is 6.61 Å². The van der Waals surface area contributed by atoms with Crippen molar-refractivity contribution in [1.29, 1.82) is 0 Å². The van der Waals surface area contributed by atoms with E-state index in [2.05, 4.69) is 0 Å². The Hall–Kier alpha value is -1.89. The van der Waals surface area contributed by atoms with Gasteiger partial charge in [-0.2, -0.15) is 0 Å². The molecular formula is C19H25NO5S. The highest BCUT2D eigenvalue weighted by Crippen LogP contribution is 2.36. The minimum absolute atomic E-state index is 0.128. The first-order valence-electron chi connectivity index (χ1n) is 9.13. The molecule has 1 amide bonds. The Morgan fingerprint density at radius 1 is 1.31 bits per heavy atom. The number of carbonyl (C=O) groups excluding carboxylic acids is 1. The zero-order valence-electron chi connectivity index (χ0n) is 15.0. The van der Waals surface area contributed by atoms with Gasteiger partial charge in [0.25, 0.3) is 0 Å². The summed E-state index contributed by atoms with van der Waals surface area (Å²) in [7, 11) is -0.699. The van der Waals surface area contributed by atoms with Crippen molar-refractivity contribution >= 4 is 28.5 Å². The lowest BCUT2D eigenvalue weighted by molar-refractivity contribution is -0.143. The first kappa shape index (κ1) is 18.9. The van der Waals surface area contributed by atoms with Crippen molar-refractivity contribution in [3.8, 4) is 0 Å². The normalized spacial score (nSPS) is 28.8. The number of carboxylic acids is 1. The summed E-state index contributed by atoms with van der Waals surface area (Å²) in [4.78, 5) is 25.6. The molecule has 26 heavy (non-hydrogen) atoms. The number of hydrogen-bond acceptors (Lipinski definition) is 4. The Labute approximate surface area is 156 Å². The van der Waals surface area contributed by atoms with Crippen LogP contribution in [0.5, 0.6) is 0 Å². The minimum atomic E-state index is -1.34. The summed E-state index contributed by atoms with van der Waals surface area (Å²) < 4.78 is 16.6. The third-order valence-corrected chi connectivity index (χ3v) is 6.78. The van der Waals surface area contributed by atoms with E-state index in [1.165, 1.54) is 4.90 Å². The number of amides is 1. The Balaban J connectivity index is 1.84. The first-order chi connectivity index (χ1) is 12.5. The smallest absolute Gasteiger partial charge is 0.415 e. The third-order valence-electron chi connectivity index (χ3n) is 5.40. The van der Waals surface area contributed by atoms with Crippen molar-refractivity contribution in [2.24, 2.45) is 0 Å². The van der Waals surface area contributed by atoms with Crippen LogP contribution < -0.4 is 4.90 Å². The number of carbonyl (C=O) groups is 2. The Morgan fingerprint density at radius 2 is 1.96 bits per heavy atom. The highest BCUT2D eigenvalue weighted by Gasteiger charge is 2.53. The molecular weight excluding hydrogens is 354 g/mol. The van der Waals surface area contributed by atoms with E-state index in [9.17, 15) is 18.9 Å². The largest absolute Gasteiger partial charge is 0.479 e. The van der Waals surface area contributed by atoms with Crippen LogP contribution in [0, 0.1) is 0 Å². The third kappa shape index (κ3) is 3.49. The highest BCUT2D eigenvalue weighted by molar-refractivity contribution is 7.85. The molecule has 2 fully saturated rings. The van der Waals surface area contributed by atoms with Gasteiger partial charge in [0.15, 0.2) is 5.54 Å². The Morgan fingerprint density at radius 3 is 2.54 bits per heavy atom. The number of carboxylic acid groups (broad SMARTS) is 1. The molecule has 1 aromatic carbocycles. The maximum Gasteiger partial charge on any atom is 0.415 e. The van der Waals surface area contributed by atoms with Gasteiger partial charge in [0.05, 0.1) is 0 Å². The zero-order chi connectivity index (χ0) is 18.7. The van der Waals surface area contributed by atoms with E-state index in [-0.39, 0.29) is 6.61 Å². The molecule has 2 aliphatic rings. The van der Waals surface area contributed by atoms with Crippen molar-refractivity contribution in [1.82, 2.24) is 0 Å². The van der Waals surface area contributed by atoms with Gasteiger partial charge < -0.3 is 9.84 Å². The molecule has 1 aromatic rings. The molecule has 2 saturated heterocycles. The molecule has 142 valence electrons. The number of hydrogen-bond donors (Lipinski definition) is 1. The van der Waals surface area contributed by atoms with Crippen molar-refractivity contribution in [3.05, 3.63) is 29.8 Å². The van der Waals surface area contributed by atoms with Gasteiger partial charge >= 0.3 is 12.1 Å². The monoisotopic (exact) mass is 379 g/mol. The highest BCUT2D eigenvalue weighted by atomic mass is 32.2. The van der Waals surface area contributed by atoms with Crippen LogP contribution in [-0.4, -0.2) is 45.0 Å². The Kier molecular flexibility index (Phi) is 5.65. The number of benzene rings is 1. The van der Waals surface area contributed by atoms with Crippen LogP contribution in [0.25, 0.3) is 0 Å². The van der Waals surface area contributed by atoms with Crippen LogP contribution in [-0.2, 0) is 20.3 Å². The fourth-order valence-electron chi connectivity index (χ4n) is 3.78. The number of cyclic esters (lactones) is 1. The summed E-state index contributed by atoms with van der Waals surface area (Å²) in [5, 5.41) is 9.82. The lowest BCUT2D eigenvalue weighted by atomic mass is 9.90. The zero-order valence-corrected chi connectivity index (χ0v) is 15.8. The molecule has 6 nitrogen and oxygen atoms in total. The standard InChI is InChI=1S/C19H25NO5S/c1-2-3-10-19(17(21)22)13-25-18(23)20(19)16-6-4-14(5-7-16)15-8-11-26(24)12-9-15/h4-7,15H,2-3,8-13H2,1H3,(H,21,22). The number of nitrogens with zero attached hydrogens (tertiary/aromatic N) is 1. The van der Waals surface area contributed by atoms with Crippen LogP contribution in [0.15, 0.2) is 24.3 Å². The van der Waals surface area contributed by atoms with E-state index >= 15 is 0 Å². The van der Waals surface area contributed by atoms with Gasteiger partial charge in [-0.15, -0.1) is 0 Å². The first-order valence-corrected chi connectivity index (χ1v) is 10.6. The molecule has 1 unspecified atom stereocenters. The van der Waals surface area contributed by atoms with Crippen molar-refractivity contribution in [2.75, 3.05) is 23.0 Å². The van der Waals surface area contributed by atoms with Crippen molar-refractivity contribution in [3.63, 3.8) is 0 Å². The van der Waals surface area contributed by atoms with Crippen molar-refractivity contribution < 1.29 is 23.6 Å². The second kappa shape index (κ2) is 7.78. The van der Waals surface area contributed by atoms with Crippen molar-refractivity contribution in [2.45, 2.75) is 50.5 Å². The van der Waals surface area contributed by atoms with E-state index < -0.39 is 28.4 Å². The number of anilines is 1. The molecule has 1 N–H and O–H groups in total. The van der Waals surface area contributed by atoms with E-state index in [4.69, 9.17) is 4.74 Å². The number of aliphatic carboxylic acids is 1. The molecule has 2 heterocycles. The van der Waals surface area contributed by atoms with Gasteiger partial charge in [-0.1, -0.05) is 31.9 Å². The second-order valence-electron chi connectivity index (χ2n) is 7.04. The molecule has 0 bridgehead atoms. The maximum absolute atomic E-state index is 12.3. The van der Waals surface area contributed by atoms with Crippen LogP contribution in [0.4, 0.5) is 10.5 Å². The predicted molar refractivity (Wildman–Crippen MR) is 100 cm³/mol. The summed E-state index contributed by atoms with van der Waals surface area (Å²) in [6.07, 6.45) is 3.10. The van der Waals surface area contributed by atoms with Gasteiger partial charge in [-0.3, -0.25) is 9.11 Å². The summed E-state index contributed by atoms with van der Waals surface area (Å²) in [6.45, 7) is 1.86. The van der Waals surface area contributed by atoms with Crippen LogP contribution in [0.2, 0.25) is 0 Å². The topological polar surface area (TPSA) is 83.9 Å². The fourth-order valence-corrected chi connectivity index (χ4v) is 5.08. The summed E-state index contributed by atoms with van der Waals surface area (Å²) in [5.41, 5.74) is 0.359. The molecule has 7 heteroatoms. The average molecular weight is 379 g/mol. The summed E-state index contributed by atoms with van der Waals surface area (Å²) in [5.74, 6) is 0.792. The van der Waals surface area contributed by atoms with Gasteiger partial charge in [-0.05, 0) is 42.9 Å². The molecule has 0 aromatic heterocycles. The van der Waals surface area contributed by atoms with E-state index in [1.54, 1.807) is 12.1 Å². The molecule has 0 radical (unpaired) electrons. The van der Waals surface area contributed by atoms with E-state index in [1.807, 2.05) is 19.1 Å². The number of unbranched alkanes of at least 4 members (excludes halogenated alkanes) is 1. The molecule has 1 atom stereocenters. The summed E-state index contributed by atoms with van der Waals surface area (Å²) >= 11 is 0. The van der Waals surface area contributed by atoms with Gasteiger partial charge in [-0.25, -0.2) is 9.59 Å². The number of ether oxygens (including phenoxy) is 1. The number of rotatable bonds is 6. The van der Waals surface area contributed by atoms with Crippen LogP contribution >= 0.6 is 0 Å². The lowest BCUT2D eigenvalue weighted by Gasteiger charge is -2.31.